The van der Waals surface area contributed by atoms with Crippen LogP contribution in [0.5, 0.6) is 0 Å². The van der Waals surface area contributed by atoms with E-state index in [9.17, 15) is 0 Å². The largest absolute Gasteiger partial charge is 0.501 e. The first-order chi connectivity index (χ1) is 6.83. The van der Waals surface area contributed by atoms with Gasteiger partial charge in [-0.05, 0) is 19.3 Å². The Morgan fingerprint density at radius 2 is 1.79 bits per heavy atom. The molecule has 1 aliphatic rings. The van der Waals surface area contributed by atoms with E-state index < -0.39 is 0 Å². The Hall–Kier alpha value is -1.18. The van der Waals surface area contributed by atoms with Gasteiger partial charge in [0, 0.05) is 5.41 Å². The van der Waals surface area contributed by atoms with Gasteiger partial charge in [0.2, 0.25) is 0 Å². The van der Waals surface area contributed by atoms with Gasteiger partial charge in [0.15, 0.2) is 0 Å². The molecule has 0 aromatic carbocycles. The highest BCUT2D eigenvalue weighted by molar-refractivity contribution is 4.98. The zero-order chi connectivity index (χ0) is 10.3. The molecule has 0 saturated heterocycles. The van der Waals surface area contributed by atoms with Gasteiger partial charge in [0.25, 0.3) is 0 Å². The SMILES string of the molecule is C=COCC1(COC=C)CC=CCC1. The minimum atomic E-state index is 0.108. The first-order valence-electron chi connectivity index (χ1n) is 4.93. The lowest BCUT2D eigenvalue weighted by Crippen LogP contribution is -2.32. The summed E-state index contributed by atoms with van der Waals surface area (Å²) in [5.41, 5.74) is 0.108. The maximum Gasteiger partial charge on any atom is 0.0964 e. The number of allylic oxidation sites excluding steroid dienone is 2. The number of rotatable bonds is 6. The van der Waals surface area contributed by atoms with Gasteiger partial charge in [-0.3, -0.25) is 0 Å². The fourth-order valence-electron chi connectivity index (χ4n) is 1.72. The lowest BCUT2D eigenvalue weighted by molar-refractivity contribution is 0.0318. The van der Waals surface area contributed by atoms with E-state index in [4.69, 9.17) is 9.47 Å². The molecule has 0 N–H and O–H groups in total. The molecule has 0 aliphatic heterocycles. The summed E-state index contributed by atoms with van der Waals surface area (Å²) in [7, 11) is 0. The summed E-state index contributed by atoms with van der Waals surface area (Å²) in [6, 6.07) is 0. The third-order valence-electron chi connectivity index (χ3n) is 2.57. The molecule has 2 nitrogen and oxygen atoms in total. The molecule has 0 aromatic heterocycles. The van der Waals surface area contributed by atoms with Gasteiger partial charge in [0.1, 0.15) is 0 Å². The third kappa shape index (κ3) is 2.95. The van der Waals surface area contributed by atoms with Crippen LogP contribution >= 0.6 is 0 Å². The van der Waals surface area contributed by atoms with Crippen molar-refractivity contribution >= 4 is 0 Å². The van der Waals surface area contributed by atoms with Crippen LogP contribution in [0.2, 0.25) is 0 Å². The maximum absolute atomic E-state index is 5.29. The Kier molecular flexibility index (Phi) is 4.30. The van der Waals surface area contributed by atoms with Crippen molar-refractivity contribution in [1.82, 2.24) is 0 Å². The first-order valence-corrected chi connectivity index (χ1v) is 4.93. The molecule has 78 valence electrons. The van der Waals surface area contributed by atoms with Crippen LogP contribution in [0.3, 0.4) is 0 Å². The van der Waals surface area contributed by atoms with Crippen molar-refractivity contribution < 1.29 is 9.47 Å². The molecular formula is C12H18O2. The molecule has 0 radical (unpaired) electrons. The minimum Gasteiger partial charge on any atom is -0.501 e. The summed E-state index contributed by atoms with van der Waals surface area (Å²) in [5.74, 6) is 0. The Morgan fingerprint density at radius 1 is 1.14 bits per heavy atom. The number of ether oxygens (including phenoxy) is 2. The van der Waals surface area contributed by atoms with E-state index in [2.05, 4.69) is 25.3 Å². The van der Waals surface area contributed by atoms with Gasteiger partial charge >= 0.3 is 0 Å². The van der Waals surface area contributed by atoms with Crippen molar-refractivity contribution in [3.05, 3.63) is 37.8 Å². The molecule has 0 atom stereocenters. The Labute approximate surface area is 85.9 Å². The first kappa shape index (κ1) is 10.9. The van der Waals surface area contributed by atoms with Crippen LogP contribution < -0.4 is 0 Å². The molecule has 0 spiro atoms. The number of hydrogen-bond donors (Lipinski definition) is 0. The molecule has 0 bridgehead atoms. The van der Waals surface area contributed by atoms with Crippen molar-refractivity contribution in [3.63, 3.8) is 0 Å². The van der Waals surface area contributed by atoms with Crippen molar-refractivity contribution in [2.45, 2.75) is 19.3 Å². The van der Waals surface area contributed by atoms with E-state index in [1.807, 2.05) is 0 Å². The molecule has 0 heterocycles. The van der Waals surface area contributed by atoms with Gasteiger partial charge in [-0.15, -0.1) is 0 Å². The summed E-state index contributed by atoms with van der Waals surface area (Å²) < 4.78 is 10.6. The lowest BCUT2D eigenvalue weighted by atomic mass is 9.78. The Morgan fingerprint density at radius 3 is 2.21 bits per heavy atom. The fourth-order valence-corrected chi connectivity index (χ4v) is 1.72. The molecule has 0 saturated carbocycles. The van der Waals surface area contributed by atoms with Crippen LogP contribution in [-0.4, -0.2) is 13.2 Å². The molecule has 2 heteroatoms. The third-order valence-corrected chi connectivity index (χ3v) is 2.57. The predicted molar refractivity (Wildman–Crippen MR) is 57.7 cm³/mol. The van der Waals surface area contributed by atoms with Gasteiger partial charge < -0.3 is 9.47 Å². The predicted octanol–water partition coefficient (Wildman–Crippen LogP) is 3.03. The summed E-state index contributed by atoms with van der Waals surface area (Å²) in [4.78, 5) is 0. The standard InChI is InChI=1S/C12H18O2/c1-3-13-10-12(11-14-4-2)8-6-5-7-9-12/h3-6H,1-2,7-11H2. The van der Waals surface area contributed by atoms with E-state index in [0.717, 1.165) is 19.3 Å². The molecule has 0 fully saturated rings. The highest BCUT2D eigenvalue weighted by Gasteiger charge is 2.31. The van der Waals surface area contributed by atoms with E-state index in [-0.39, 0.29) is 5.41 Å². The molecule has 14 heavy (non-hydrogen) atoms. The van der Waals surface area contributed by atoms with Crippen molar-refractivity contribution in [3.8, 4) is 0 Å². The molecular weight excluding hydrogens is 176 g/mol. The van der Waals surface area contributed by atoms with Gasteiger partial charge in [-0.2, -0.15) is 0 Å². The van der Waals surface area contributed by atoms with E-state index >= 15 is 0 Å². The molecule has 1 rings (SSSR count). The van der Waals surface area contributed by atoms with Crippen LogP contribution in [0.1, 0.15) is 19.3 Å². The smallest absolute Gasteiger partial charge is 0.0964 e. The van der Waals surface area contributed by atoms with Crippen LogP contribution in [0, 0.1) is 5.41 Å². The second kappa shape index (κ2) is 5.53. The van der Waals surface area contributed by atoms with E-state index in [1.54, 1.807) is 0 Å². The zero-order valence-electron chi connectivity index (χ0n) is 8.58. The molecule has 1 aliphatic carbocycles. The fraction of sp³-hybridized carbons (Fsp3) is 0.500. The van der Waals surface area contributed by atoms with Gasteiger partial charge in [0.05, 0.1) is 25.7 Å². The monoisotopic (exact) mass is 194 g/mol. The summed E-state index contributed by atoms with van der Waals surface area (Å²) in [6.45, 7) is 8.46. The summed E-state index contributed by atoms with van der Waals surface area (Å²) >= 11 is 0. The van der Waals surface area contributed by atoms with Gasteiger partial charge in [-0.25, -0.2) is 0 Å². The number of hydrogen-bond acceptors (Lipinski definition) is 2. The van der Waals surface area contributed by atoms with Crippen LogP contribution in [0.25, 0.3) is 0 Å². The average Bonchev–Trinajstić information content (AvgIpc) is 2.25. The maximum atomic E-state index is 5.29. The van der Waals surface area contributed by atoms with Gasteiger partial charge in [-0.1, -0.05) is 25.3 Å². The van der Waals surface area contributed by atoms with Crippen LogP contribution in [-0.2, 0) is 9.47 Å². The van der Waals surface area contributed by atoms with E-state index in [0.29, 0.717) is 13.2 Å². The highest BCUT2D eigenvalue weighted by Crippen LogP contribution is 2.33. The second-order valence-electron chi connectivity index (χ2n) is 3.67. The van der Waals surface area contributed by atoms with E-state index in [1.165, 1.54) is 12.5 Å². The molecule has 0 amide bonds. The van der Waals surface area contributed by atoms with Crippen molar-refractivity contribution in [2.75, 3.05) is 13.2 Å². The lowest BCUT2D eigenvalue weighted by Gasteiger charge is -2.33. The van der Waals surface area contributed by atoms with Crippen molar-refractivity contribution in [2.24, 2.45) is 5.41 Å². The molecule has 0 aromatic rings. The minimum absolute atomic E-state index is 0.108. The van der Waals surface area contributed by atoms with Crippen LogP contribution in [0.15, 0.2) is 37.8 Å². The normalized spacial score (nSPS) is 18.6. The topological polar surface area (TPSA) is 18.5 Å². The second-order valence-corrected chi connectivity index (χ2v) is 3.67. The van der Waals surface area contributed by atoms with Crippen molar-refractivity contribution in [1.29, 1.82) is 0 Å². The Balaban J connectivity index is 2.52. The summed E-state index contributed by atoms with van der Waals surface area (Å²) in [5, 5.41) is 0. The average molecular weight is 194 g/mol. The summed E-state index contributed by atoms with van der Waals surface area (Å²) in [6.07, 6.45) is 10.6. The quantitative estimate of drug-likeness (QED) is 0.478. The zero-order valence-corrected chi connectivity index (χ0v) is 8.58. The molecule has 0 unspecified atom stereocenters. The van der Waals surface area contributed by atoms with Crippen LogP contribution in [0.4, 0.5) is 0 Å². The Bertz CT molecular complexity index is 206. The highest BCUT2D eigenvalue weighted by atomic mass is 16.5.